The molecule has 0 atom stereocenters. The van der Waals surface area contributed by atoms with E-state index in [1.165, 1.54) is 12.1 Å². The molecule has 8 heteroatoms. The van der Waals surface area contributed by atoms with Crippen LogP contribution in [-0.2, 0) is 19.5 Å². The molecule has 0 spiro atoms. The lowest BCUT2D eigenvalue weighted by molar-refractivity contribution is 0.0688. The predicted octanol–water partition coefficient (Wildman–Crippen LogP) is 1.22. The molecule has 0 unspecified atom stereocenters. The Morgan fingerprint density at radius 3 is 2.68 bits per heavy atom. The van der Waals surface area contributed by atoms with Crippen LogP contribution >= 0.6 is 0 Å². The summed E-state index contributed by atoms with van der Waals surface area (Å²) < 4.78 is 37.4. The number of rotatable bonds is 11. The summed E-state index contributed by atoms with van der Waals surface area (Å²) >= 11 is 0. The molecule has 2 rings (SSSR count). The van der Waals surface area contributed by atoms with Gasteiger partial charge in [0.05, 0.1) is 18.1 Å². The summed E-state index contributed by atoms with van der Waals surface area (Å²) in [6.07, 6.45) is 2.41. The second kappa shape index (κ2) is 9.28. The van der Waals surface area contributed by atoms with E-state index in [4.69, 9.17) is 9.47 Å². The molecule has 1 aliphatic carbocycles. The number of methoxy groups -OCH3 is 1. The highest BCUT2D eigenvalue weighted by atomic mass is 32.2. The molecule has 2 N–H and O–H groups in total. The third-order valence-electron chi connectivity index (χ3n) is 3.85. The second-order valence-electron chi connectivity index (χ2n) is 6.09. The van der Waals surface area contributed by atoms with Crippen LogP contribution in [0, 0.1) is 6.92 Å². The molecular weight excluding hydrogens is 344 g/mol. The van der Waals surface area contributed by atoms with Gasteiger partial charge >= 0.3 is 0 Å². The molecule has 0 aromatic heterocycles. The third-order valence-corrected chi connectivity index (χ3v) is 5.36. The standard InChI is InChI=1S/C17H26N2O5S/c1-13-4-7-15(25(21,22)19-14-5-6-14)12-16(13)17(20)18-8-3-9-24-11-10-23-2/h4,7,12,14,19H,3,5-6,8-11H2,1-2H3,(H,18,20). The van der Waals surface area contributed by atoms with E-state index in [1.54, 1.807) is 20.1 Å². The summed E-state index contributed by atoms with van der Waals surface area (Å²) in [7, 11) is -1.96. The van der Waals surface area contributed by atoms with Crippen LogP contribution in [0.2, 0.25) is 0 Å². The smallest absolute Gasteiger partial charge is 0.251 e. The fraction of sp³-hybridized carbons (Fsp3) is 0.588. The molecule has 0 heterocycles. The number of carbonyl (C=O) groups is 1. The van der Waals surface area contributed by atoms with Gasteiger partial charge in [-0.1, -0.05) is 6.07 Å². The van der Waals surface area contributed by atoms with Gasteiger partial charge in [-0.3, -0.25) is 4.79 Å². The lowest BCUT2D eigenvalue weighted by Crippen LogP contribution is -2.28. The lowest BCUT2D eigenvalue weighted by atomic mass is 10.1. The Labute approximate surface area is 149 Å². The van der Waals surface area contributed by atoms with Gasteiger partial charge in [0.15, 0.2) is 0 Å². The van der Waals surface area contributed by atoms with E-state index in [1.807, 2.05) is 0 Å². The minimum atomic E-state index is -3.57. The van der Waals surface area contributed by atoms with Crippen molar-refractivity contribution in [2.75, 3.05) is 33.5 Å². The fourth-order valence-corrected chi connectivity index (χ4v) is 3.55. The number of carbonyl (C=O) groups excluding carboxylic acids is 1. The Bertz CT molecular complexity index is 686. The first-order chi connectivity index (χ1) is 11.9. The lowest BCUT2D eigenvalue weighted by Gasteiger charge is -2.11. The van der Waals surface area contributed by atoms with Crippen molar-refractivity contribution in [3.8, 4) is 0 Å². The molecule has 1 aromatic carbocycles. The van der Waals surface area contributed by atoms with Crippen molar-refractivity contribution in [3.05, 3.63) is 29.3 Å². The van der Waals surface area contributed by atoms with Crippen molar-refractivity contribution in [1.82, 2.24) is 10.0 Å². The third kappa shape index (κ3) is 6.39. The Morgan fingerprint density at radius 2 is 2.00 bits per heavy atom. The zero-order valence-corrected chi connectivity index (χ0v) is 15.5. The molecule has 1 amide bonds. The van der Waals surface area contributed by atoms with Crippen LogP contribution < -0.4 is 10.0 Å². The highest BCUT2D eigenvalue weighted by Crippen LogP contribution is 2.23. The maximum atomic E-state index is 12.3. The first-order valence-electron chi connectivity index (χ1n) is 8.42. The summed E-state index contributed by atoms with van der Waals surface area (Å²) in [5.74, 6) is -0.280. The van der Waals surface area contributed by atoms with E-state index in [0.717, 1.165) is 18.4 Å². The SMILES string of the molecule is COCCOCCCNC(=O)c1cc(S(=O)(=O)NC2CC2)ccc1C. The molecular formula is C17H26N2O5S. The maximum Gasteiger partial charge on any atom is 0.251 e. The van der Waals surface area contributed by atoms with Gasteiger partial charge in [0.25, 0.3) is 5.91 Å². The molecule has 0 saturated heterocycles. The van der Waals surface area contributed by atoms with Gasteiger partial charge in [0.1, 0.15) is 0 Å². The number of nitrogens with one attached hydrogen (secondary N) is 2. The van der Waals surface area contributed by atoms with Crippen LogP contribution in [0.5, 0.6) is 0 Å². The zero-order valence-electron chi connectivity index (χ0n) is 14.7. The molecule has 7 nitrogen and oxygen atoms in total. The summed E-state index contributed by atoms with van der Waals surface area (Å²) in [5.41, 5.74) is 1.11. The van der Waals surface area contributed by atoms with Crippen molar-refractivity contribution >= 4 is 15.9 Å². The van der Waals surface area contributed by atoms with Crippen molar-refractivity contribution in [2.24, 2.45) is 0 Å². The van der Waals surface area contributed by atoms with Crippen molar-refractivity contribution < 1.29 is 22.7 Å². The van der Waals surface area contributed by atoms with E-state index in [9.17, 15) is 13.2 Å². The predicted molar refractivity (Wildman–Crippen MR) is 94.2 cm³/mol. The number of amides is 1. The molecule has 25 heavy (non-hydrogen) atoms. The average Bonchev–Trinajstić information content (AvgIpc) is 3.37. The monoisotopic (exact) mass is 370 g/mol. The van der Waals surface area contributed by atoms with Crippen LogP contribution in [0.25, 0.3) is 0 Å². The van der Waals surface area contributed by atoms with Crippen LogP contribution in [0.1, 0.15) is 35.2 Å². The summed E-state index contributed by atoms with van der Waals surface area (Å²) in [5, 5.41) is 2.80. The van der Waals surface area contributed by atoms with E-state index in [-0.39, 0.29) is 16.8 Å². The maximum absolute atomic E-state index is 12.3. The number of hydrogen-bond donors (Lipinski definition) is 2. The van der Waals surface area contributed by atoms with E-state index in [2.05, 4.69) is 10.0 Å². The van der Waals surface area contributed by atoms with Gasteiger partial charge < -0.3 is 14.8 Å². The van der Waals surface area contributed by atoms with Crippen LogP contribution in [0.3, 0.4) is 0 Å². The number of ether oxygens (including phenoxy) is 2. The van der Waals surface area contributed by atoms with Gasteiger partial charge in [-0.15, -0.1) is 0 Å². The first kappa shape index (κ1) is 19.8. The molecule has 0 aliphatic heterocycles. The van der Waals surface area contributed by atoms with E-state index < -0.39 is 10.0 Å². The minimum Gasteiger partial charge on any atom is -0.382 e. The number of sulfonamides is 1. The van der Waals surface area contributed by atoms with Gasteiger partial charge in [-0.2, -0.15) is 0 Å². The Balaban J connectivity index is 1.89. The van der Waals surface area contributed by atoms with E-state index in [0.29, 0.717) is 38.3 Å². The van der Waals surface area contributed by atoms with Crippen molar-refractivity contribution in [3.63, 3.8) is 0 Å². The Hall–Kier alpha value is -1.48. The average molecular weight is 370 g/mol. The number of benzene rings is 1. The second-order valence-corrected chi connectivity index (χ2v) is 7.80. The van der Waals surface area contributed by atoms with Crippen molar-refractivity contribution in [1.29, 1.82) is 0 Å². The highest BCUT2D eigenvalue weighted by Gasteiger charge is 2.28. The van der Waals surface area contributed by atoms with E-state index >= 15 is 0 Å². The first-order valence-corrected chi connectivity index (χ1v) is 9.90. The quantitative estimate of drug-likeness (QED) is 0.571. The largest absolute Gasteiger partial charge is 0.382 e. The van der Waals surface area contributed by atoms with Gasteiger partial charge in [0.2, 0.25) is 10.0 Å². The Kier molecular flexibility index (Phi) is 7.37. The molecule has 0 radical (unpaired) electrons. The zero-order chi connectivity index (χ0) is 18.3. The highest BCUT2D eigenvalue weighted by molar-refractivity contribution is 7.89. The summed E-state index contributed by atoms with van der Waals surface area (Å²) in [6, 6.07) is 4.65. The minimum absolute atomic E-state index is 0.0293. The van der Waals surface area contributed by atoms with Gasteiger partial charge in [-0.25, -0.2) is 13.1 Å². The topological polar surface area (TPSA) is 93.7 Å². The normalized spacial score (nSPS) is 14.5. The van der Waals surface area contributed by atoms with Crippen LogP contribution in [0.15, 0.2) is 23.1 Å². The van der Waals surface area contributed by atoms with Crippen molar-refractivity contribution in [2.45, 2.75) is 37.1 Å². The van der Waals surface area contributed by atoms with Crippen LogP contribution in [0.4, 0.5) is 0 Å². The molecule has 1 saturated carbocycles. The Morgan fingerprint density at radius 1 is 1.24 bits per heavy atom. The summed E-state index contributed by atoms with van der Waals surface area (Å²) in [4.78, 5) is 12.5. The van der Waals surface area contributed by atoms with Gasteiger partial charge in [-0.05, 0) is 43.9 Å². The number of aryl methyl sites for hydroxylation is 1. The molecule has 1 aliphatic rings. The summed E-state index contributed by atoms with van der Waals surface area (Å²) in [6.45, 7) is 3.84. The fourth-order valence-electron chi connectivity index (χ4n) is 2.22. The number of hydrogen-bond acceptors (Lipinski definition) is 5. The van der Waals surface area contributed by atoms with Gasteiger partial charge in [0, 0.05) is 31.9 Å². The molecule has 1 fully saturated rings. The molecule has 1 aromatic rings. The molecule has 0 bridgehead atoms. The molecule has 140 valence electrons. The van der Waals surface area contributed by atoms with Crippen LogP contribution in [-0.4, -0.2) is 53.8 Å².